The van der Waals surface area contributed by atoms with Gasteiger partial charge in [0.15, 0.2) is 11.5 Å². The molecule has 0 atom stereocenters. The molecular formula is C19H14N4O2S. The second-order valence-electron chi connectivity index (χ2n) is 5.49. The van der Waals surface area contributed by atoms with Crippen LogP contribution in [0.15, 0.2) is 71.0 Å². The van der Waals surface area contributed by atoms with Crippen LogP contribution in [0.1, 0.15) is 16.1 Å². The van der Waals surface area contributed by atoms with E-state index in [1.54, 1.807) is 42.1 Å². The second-order valence-corrected chi connectivity index (χ2v) is 6.44. The molecule has 0 bridgehead atoms. The smallest absolute Gasteiger partial charge is 0.273 e. The number of nitrogens with zero attached hydrogens (tertiary/aromatic N) is 3. The Morgan fingerprint density at radius 1 is 1.15 bits per heavy atom. The van der Waals surface area contributed by atoms with E-state index in [0.29, 0.717) is 12.3 Å². The Labute approximate surface area is 153 Å². The van der Waals surface area contributed by atoms with Crippen molar-refractivity contribution in [3.05, 3.63) is 77.7 Å². The monoisotopic (exact) mass is 362 g/mol. The molecule has 0 fully saturated rings. The molecule has 0 aliphatic heterocycles. The van der Waals surface area contributed by atoms with Gasteiger partial charge in [0.05, 0.1) is 10.6 Å². The summed E-state index contributed by atoms with van der Waals surface area (Å²) in [5.41, 5.74) is 2.81. The molecule has 128 valence electrons. The van der Waals surface area contributed by atoms with E-state index in [1.807, 2.05) is 35.7 Å². The lowest BCUT2D eigenvalue weighted by molar-refractivity contribution is 0.0942. The van der Waals surface area contributed by atoms with Crippen LogP contribution in [0, 0.1) is 0 Å². The van der Waals surface area contributed by atoms with Crippen molar-refractivity contribution in [1.29, 1.82) is 0 Å². The lowest BCUT2D eigenvalue weighted by Gasteiger charge is -2.07. The Morgan fingerprint density at radius 2 is 2.08 bits per heavy atom. The van der Waals surface area contributed by atoms with Gasteiger partial charge >= 0.3 is 0 Å². The minimum atomic E-state index is -0.301. The van der Waals surface area contributed by atoms with Gasteiger partial charge < -0.3 is 9.84 Å². The molecule has 0 aromatic carbocycles. The van der Waals surface area contributed by atoms with E-state index in [0.717, 1.165) is 21.7 Å². The Kier molecular flexibility index (Phi) is 4.53. The second kappa shape index (κ2) is 7.28. The third kappa shape index (κ3) is 3.38. The molecule has 0 aliphatic carbocycles. The fourth-order valence-electron chi connectivity index (χ4n) is 2.51. The van der Waals surface area contributed by atoms with Crippen molar-refractivity contribution in [2.45, 2.75) is 6.54 Å². The summed E-state index contributed by atoms with van der Waals surface area (Å²) in [6.07, 6.45) is 5.08. The third-order valence-electron chi connectivity index (χ3n) is 3.77. The van der Waals surface area contributed by atoms with Crippen LogP contribution in [-0.4, -0.2) is 21.0 Å². The maximum absolute atomic E-state index is 12.4. The van der Waals surface area contributed by atoms with Crippen molar-refractivity contribution in [1.82, 2.24) is 20.4 Å². The molecule has 0 saturated heterocycles. The molecular weight excluding hydrogens is 348 g/mol. The highest BCUT2D eigenvalue weighted by atomic mass is 32.1. The molecule has 4 heterocycles. The summed E-state index contributed by atoms with van der Waals surface area (Å²) >= 11 is 1.61. The van der Waals surface area contributed by atoms with Gasteiger partial charge in [-0.05, 0) is 35.2 Å². The van der Waals surface area contributed by atoms with Crippen LogP contribution in [0.4, 0.5) is 0 Å². The van der Waals surface area contributed by atoms with E-state index < -0.39 is 0 Å². The number of thiophene rings is 1. The van der Waals surface area contributed by atoms with Crippen molar-refractivity contribution in [2.75, 3.05) is 0 Å². The minimum absolute atomic E-state index is 0.227. The van der Waals surface area contributed by atoms with Gasteiger partial charge in [-0.2, -0.15) is 0 Å². The number of pyridine rings is 2. The molecule has 0 spiro atoms. The van der Waals surface area contributed by atoms with Gasteiger partial charge in [-0.15, -0.1) is 11.3 Å². The normalized spacial score (nSPS) is 10.6. The van der Waals surface area contributed by atoms with E-state index in [9.17, 15) is 4.79 Å². The zero-order valence-electron chi connectivity index (χ0n) is 13.6. The first-order valence-corrected chi connectivity index (χ1v) is 8.82. The molecule has 4 aromatic rings. The molecule has 0 radical (unpaired) electrons. The van der Waals surface area contributed by atoms with Crippen LogP contribution in [0.25, 0.3) is 21.9 Å². The number of amides is 1. The lowest BCUT2D eigenvalue weighted by Crippen LogP contribution is -2.23. The van der Waals surface area contributed by atoms with Crippen molar-refractivity contribution in [2.24, 2.45) is 0 Å². The van der Waals surface area contributed by atoms with Crippen LogP contribution in [0.5, 0.6) is 0 Å². The molecule has 0 saturated carbocycles. The van der Waals surface area contributed by atoms with Crippen LogP contribution in [-0.2, 0) is 6.54 Å². The van der Waals surface area contributed by atoms with Crippen LogP contribution >= 0.6 is 11.3 Å². The first kappa shape index (κ1) is 16.2. The molecule has 26 heavy (non-hydrogen) atoms. The SMILES string of the molecule is O=C(NCc1cccnc1-c1cccs1)c1cc(-c2cccnc2)on1. The van der Waals surface area contributed by atoms with E-state index in [-0.39, 0.29) is 11.6 Å². The van der Waals surface area contributed by atoms with Gasteiger partial charge in [-0.25, -0.2) is 0 Å². The van der Waals surface area contributed by atoms with E-state index in [2.05, 4.69) is 20.4 Å². The maximum atomic E-state index is 12.4. The average Bonchev–Trinajstić information content (AvgIpc) is 3.39. The summed E-state index contributed by atoms with van der Waals surface area (Å²) in [5, 5.41) is 8.72. The topological polar surface area (TPSA) is 80.9 Å². The predicted octanol–water partition coefficient (Wildman–Crippen LogP) is 3.79. The predicted molar refractivity (Wildman–Crippen MR) is 98.5 cm³/mol. The van der Waals surface area contributed by atoms with Crippen LogP contribution < -0.4 is 5.32 Å². The van der Waals surface area contributed by atoms with Gasteiger partial charge in [0.2, 0.25) is 0 Å². The van der Waals surface area contributed by atoms with Gasteiger partial charge in [0.25, 0.3) is 5.91 Å². The summed E-state index contributed by atoms with van der Waals surface area (Å²) < 4.78 is 5.24. The largest absolute Gasteiger partial charge is 0.355 e. The molecule has 0 unspecified atom stereocenters. The van der Waals surface area contributed by atoms with Crippen molar-refractivity contribution < 1.29 is 9.32 Å². The zero-order valence-corrected chi connectivity index (χ0v) is 14.4. The molecule has 4 rings (SSSR count). The highest BCUT2D eigenvalue weighted by Gasteiger charge is 2.15. The Bertz CT molecular complexity index is 1010. The summed E-state index contributed by atoms with van der Waals surface area (Å²) in [6.45, 7) is 0.356. The number of rotatable bonds is 5. The molecule has 1 N–H and O–H groups in total. The van der Waals surface area contributed by atoms with Crippen molar-refractivity contribution >= 4 is 17.2 Å². The minimum Gasteiger partial charge on any atom is -0.355 e. The van der Waals surface area contributed by atoms with Gasteiger partial charge in [-0.3, -0.25) is 14.8 Å². The Hall–Kier alpha value is -3.32. The summed E-state index contributed by atoms with van der Waals surface area (Å²) in [6, 6.07) is 13.0. The van der Waals surface area contributed by atoms with Gasteiger partial charge in [-0.1, -0.05) is 17.3 Å². The number of hydrogen-bond acceptors (Lipinski definition) is 6. The molecule has 1 amide bonds. The Morgan fingerprint density at radius 3 is 2.88 bits per heavy atom. The summed E-state index contributed by atoms with van der Waals surface area (Å²) in [5.74, 6) is 0.203. The first-order valence-electron chi connectivity index (χ1n) is 7.94. The van der Waals surface area contributed by atoms with Gasteiger partial charge in [0.1, 0.15) is 0 Å². The third-order valence-corrected chi connectivity index (χ3v) is 4.65. The van der Waals surface area contributed by atoms with Crippen molar-refractivity contribution in [3.63, 3.8) is 0 Å². The molecule has 0 aliphatic rings. The molecule has 6 nitrogen and oxygen atoms in total. The first-order chi connectivity index (χ1) is 12.8. The van der Waals surface area contributed by atoms with E-state index >= 15 is 0 Å². The average molecular weight is 362 g/mol. The number of nitrogens with one attached hydrogen (secondary N) is 1. The number of hydrogen-bond donors (Lipinski definition) is 1. The molecule has 7 heteroatoms. The van der Waals surface area contributed by atoms with E-state index in [4.69, 9.17) is 4.52 Å². The quantitative estimate of drug-likeness (QED) is 0.584. The highest BCUT2D eigenvalue weighted by molar-refractivity contribution is 7.13. The number of carbonyl (C=O) groups excluding carboxylic acids is 1. The van der Waals surface area contributed by atoms with Crippen LogP contribution in [0.2, 0.25) is 0 Å². The van der Waals surface area contributed by atoms with E-state index in [1.165, 1.54) is 0 Å². The van der Waals surface area contributed by atoms with Crippen molar-refractivity contribution in [3.8, 4) is 21.9 Å². The maximum Gasteiger partial charge on any atom is 0.273 e. The highest BCUT2D eigenvalue weighted by Crippen LogP contribution is 2.25. The fourth-order valence-corrected chi connectivity index (χ4v) is 3.27. The number of carbonyl (C=O) groups is 1. The summed E-state index contributed by atoms with van der Waals surface area (Å²) in [7, 11) is 0. The lowest BCUT2D eigenvalue weighted by atomic mass is 10.1. The van der Waals surface area contributed by atoms with Crippen LogP contribution in [0.3, 0.4) is 0 Å². The Balaban J connectivity index is 1.48. The van der Waals surface area contributed by atoms with Gasteiger partial charge in [0, 0.05) is 36.8 Å². The fraction of sp³-hybridized carbons (Fsp3) is 0.0526. The standard InChI is InChI=1S/C19H14N4O2S/c24-19(15-10-16(25-23-15)13-4-1-7-20-11-13)22-12-14-5-2-8-21-18(14)17-6-3-9-26-17/h1-11H,12H2,(H,22,24). The number of aromatic nitrogens is 3. The summed E-state index contributed by atoms with van der Waals surface area (Å²) in [4.78, 5) is 21.9. The molecule has 4 aromatic heterocycles. The zero-order chi connectivity index (χ0) is 17.8.